The van der Waals surface area contributed by atoms with E-state index >= 15 is 0 Å². The van der Waals surface area contributed by atoms with Crippen LogP contribution in [0, 0.1) is 0 Å². The van der Waals surface area contributed by atoms with Gasteiger partial charge in [0.2, 0.25) is 0 Å². The van der Waals surface area contributed by atoms with Crippen molar-refractivity contribution in [3.63, 3.8) is 0 Å². The average Bonchev–Trinajstić information content (AvgIpc) is 2.27. The Bertz CT molecular complexity index is 473. The molecule has 2 rings (SSSR count). The molecule has 0 radical (unpaired) electrons. The van der Waals surface area contributed by atoms with E-state index in [1.165, 1.54) is 12.3 Å². The number of amides is 1. The number of primary amides is 1. The molecule has 0 bridgehead atoms. The van der Waals surface area contributed by atoms with Gasteiger partial charge in [0, 0.05) is 13.1 Å². The Morgan fingerprint density at radius 1 is 1.61 bits per heavy atom. The predicted octanol–water partition coefficient (Wildman–Crippen LogP) is 0.114. The van der Waals surface area contributed by atoms with Crippen LogP contribution in [0.4, 0.5) is 11.5 Å². The number of carbonyl (C=O) groups excluding carboxylic acids is 1. The highest BCUT2D eigenvalue weighted by molar-refractivity contribution is 5.98. The van der Waals surface area contributed by atoms with E-state index < -0.39 is 11.5 Å². The topological polar surface area (TPSA) is 105 Å². The van der Waals surface area contributed by atoms with Crippen molar-refractivity contribution in [3.05, 3.63) is 17.8 Å². The molecule has 0 aliphatic carbocycles. The maximum Gasteiger partial charge on any atom is 0.252 e. The van der Waals surface area contributed by atoms with Crippen molar-refractivity contribution in [3.8, 4) is 0 Å². The maximum atomic E-state index is 11.4. The van der Waals surface area contributed by atoms with Crippen molar-refractivity contribution in [2.45, 2.75) is 25.4 Å². The zero-order chi connectivity index (χ0) is 13.3. The zero-order valence-corrected chi connectivity index (χ0v) is 10.4. The van der Waals surface area contributed by atoms with Gasteiger partial charge >= 0.3 is 0 Å². The molecule has 98 valence electrons. The molecule has 1 aliphatic rings. The number of carbonyl (C=O) groups is 1. The zero-order valence-electron chi connectivity index (χ0n) is 10.4. The number of nitrogen functional groups attached to an aromatic ring is 1. The van der Waals surface area contributed by atoms with E-state index in [1.807, 2.05) is 4.90 Å². The van der Waals surface area contributed by atoms with Crippen molar-refractivity contribution in [2.24, 2.45) is 5.73 Å². The van der Waals surface area contributed by atoms with Crippen molar-refractivity contribution in [2.75, 3.05) is 23.7 Å². The summed E-state index contributed by atoms with van der Waals surface area (Å²) in [6, 6.07) is 1.52. The number of nitrogens with two attached hydrogens (primary N) is 2. The summed E-state index contributed by atoms with van der Waals surface area (Å²) in [5.74, 6) is -0.0632. The Hall–Kier alpha value is -1.82. The van der Waals surface area contributed by atoms with Crippen molar-refractivity contribution < 1.29 is 9.90 Å². The largest absolute Gasteiger partial charge is 0.397 e. The van der Waals surface area contributed by atoms with E-state index in [9.17, 15) is 9.90 Å². The number of hydrogen-bond acceptors (Lipinski definition) is 5. The summed E-state index contributed by atoms with van der Waals surface area (Å²) in [5, 5.41) is 10.1. The van der Waals surface area contributed by atoms with Gasteiger partial charge in [0.05, 0.1) is 23.0 Å². The van der Waals surface area contributed by atoms with Gasteiger partial charge in [-0.2, -0.15) is 0 Å². The summed E-state index contributed by atoms with van der Waals surface area (Å²) in [6.07, 6.45) is 3.08. The quantitative estimate of drug-likeness (QED) is 0.691. The van der Waals surface area contributed by atoms with Crippen LogP contribution in [0.2, 0.25) is 0 Å². The minimum Gasteiger partial charge on any atom is -0.397 e. The third-order valence-electron chi connectivity index (χ3n) is 3.13. The molecule has 1 amide bonds. The fraction of sp³-hybridized carbons (Fsp3) is 0.500. The highest BCUT2D eigenvalue weighted by Crippen LogP contribution is 2.27. The first-order chi connectivity index (χ1) is 8.39. The number of pyridine rings is 1. The lowest BCUT2D eigenvalue weighted by Crippen LogP contribution is -2.47. The van der Waals surface area contributed by atoms with Gasteiger partial charge in [0.1, 0.15) is 5.82 Å². The first kappa shape index (κ1) is 12.6. The normalized spacial score (nSPS) is 24.0. The molecule has 0 aromatic carbocycles. The van der Waals surface area contributed by atoms with Crippen LogP contribution in [0.15, 0.2) is 12.3 Å². The minimum atomic E-state index is -0.768. The molecule has 1 atom stereocenters. The molecule has 2 heterocycles. The van der Waals surface area contributed by atoms with Crippen LogP contribution in [0.5, 0.6) is 0 Å². The molecule has 5 N–H and O–H groups in total. The standard InChI is InChI=1S/C12H18N4O2/c1-12(18)3-2-4-16(7-12)11-9(10(14)17)5-8(13)6-15-11/h5-6,18H,2-4,7,13H2,1H3,(H2,14,17). The number of aromatic nitrogens is 1. The number of anilines is 2. The summed E-state index contributed by atoms with van der Waals surface area (Å²) in [4.78, 5) is 17.5. The van der Waals surface area contributed by atoms with Crippen LogP contribution in [-0.2, 0) is 0 Å². The second-order valence-electron chi connectivity index (χ2n) is 5.03. The number of aliphatic hydroxyl groups is 1. The van der Waals surface area contributed by atoms with E-state index in [0.717, 1.165) is 19.4 Å². The van der Waals surface area contributed by atoms with Gasteiger partial charge in [0.15, 0.2) is 0 Å². The van der Waals surface area contributed by atoms with Crippen molar-refractivity contribution >= 4 is 17.4 Å². The van der Waals surface area contributed by atoms with Gasteiger partial charge in [-0.05, 0) is 25.8 Å². The molecule has 1 aliphatic heterocycles. The lowest BCUT2D eigenvalue weighted by molar-refractivity contribution is 0.0446. The molecule has 0 saturated carbocycles. The Morgan fingerprint density at radius 2 is 2.33 bits per heavy atom. The molecule has 0 spiro atoms. The van der Waals surface area contributed by atoms with Crippen LogP contribution < -0.4 is 16.4 Å². The van der Waals surface area contributed by atoms with Gasteiger partial charge in [0.25, 0.3) is 5.91 Å². The molecule has 1 unspecified atom stereocenters. The van der Waals surface area contributed by atoms with E-state index in [1.54, 1.807) is 6.92 Å². The van der Waals surface area contributed by atoms with Gasteiger partial charge in [-0.1, -0.05) is 0 Å². The van der Waals surface area contributed by atoms with Crippen LogP contribution in [0.1, 0.15) is 30.1 Å². The molecule has 18 heavy (non-hydrogen) atoms. The van der Waals surface area contributed by atoms with Gasteiger partial charge in [-0.15, -0.1) is 0 Å². The van der Waals surface area contributed by atoms with E-state index in [-0.39, 0.29) is 0 Å². The Balaban J connectivity index is 2.35. The second-order valence-corrected chi connectivity index (χ2v) is 5.03. The Labute approximate surface area is 106 Å². The lowest BCUT2D eigenvalue weighted by atomic mass is 9.95. The fourth-order valence-electron chi connectivity index (χ4n) is 2.31. The average molecular weight is 250 g/mol. The highest BCUT2D eigenvalue weighted by atomic mass is 16.3. The molecule has 6 heteroatoms. The van der Waals surface area contributed by atoms with Crippen LogP contribution in [0.25, 0.3) is 0 Å². The first-order valence-corrected chi connectivity index (χ1v) is 5.92. The molecular formula is C12H18N4O2. The van der Waals surface area contributed by atoms with Crippen LogP contribution in [-0.4, -0.2) is 34.7 Å². The number of rotatable bonds is 2. The first-order valence-electron chi connectivity index (χ1n) is 5.92. The monoisotopic (exact) mass is 250 g/mol. The second kappa shape index (κ2) is 4.45. The van der Waals surface area contributed by atoms with E-state index in [0.29, 0.717) is 23.6 Å². The Morgan fingerprint density at radius 3 is 2.94 bits per heavy atom. The summed E-state index contributed by atoms with van der Waals surface area (Å²) >= 11 is 0. The summed E-state index contributed by atoms with van der Waals surface area (Å²) in [7, 11) is 0. The smallest absolute Gasteiger partial charge is 0.252 e. The van der Waals surface area contributed by atoms with E-state index in [4.69, 9.17) is 11.5 Å². The van der Waals surface area contributed by atoms with Gasteiger partial charge in [-0.25, -0.2) is 4.98 Å². The summed E-state index contributed by atoms with van der Waals surface area (Å²) in [6.45, 7) is 2.96. The molecule has 1 aromatic heterocycles. The third-order valence-corrected chi connectivity index (χ3v) is 3.13. The third kappa shape index (κ3) is 2.53. The molecule has 1 fully saturated rings. The predicted molar refractivity (Wildman–Crippen MR) is 69.2 cm³/mol. The summed E-state index contributed by atoms with van der Waals surface area (Å²) in [5.41, 5.74) is 10.9. The van der Waals surface area contributed by atoms with Gasteiger partial charge < -0.3 is 21.5 Å². The molecule has 1 saturated heterocycles. The number of β-amino-alcohol motifs (C(OH)–C–C–N with tert-alkyl or cyclic N) is 1. The number of piperidine rings is 1. The molecular weight excluding hydrogens is 232 g/mol. The SMILES string of the molecule is CC1(O)CCCN(c2ncc(N)cc2C(N)=O)C1. The van der Waals surface area contributed by atoms with E-state index in [2.05, 4.69) is 4.98 Å². The molecule has 1 aromatic rings. The van der Waals surface area contributed by atoms with Crippen LogP contribution in [0.3, 0.4) is 0 Å². The molecule has 6 nitrogen and oxygen atoms in total. The van der Waals surface area contributed by atoms with Crippen molar-refractivity contribution in [1.82, 2.24) is 4.98 Å². The van der Waals surface area contributed by atoms with Crippen molar-refractivity contribution in [1.29, 1.82) is 0 Å². The minimum absolute atomic E-state index is 0.299. The number of nitrogens with zero attached hydrogens (tertiary/aromatic N) is 2. The Kier molecular flexibility index (Phi) is 3.13. The fourth-order valence-corrected chi connectivity index (χ4v) is 2.31. The lowest BCUT2D eigenvalue weighted by Gasteiger charge is -2.38. The highest BCUT2D eigenvalue weighted by Gasteiger charge is 2.30. The maximum absolute atomic E-state index is 11.4. The number of hydrogen-bond donors (Lipinski definition) is 3. The summed E-state index contributed by atoms with van der Waals surface area (Å²) < 4.78 is 0. The van der Waals surface area contributed by atoms with Crippen LogP contribution >= 0.6 is 0 Å². The van der Waals surface area contributed by atoms with Gasteiger partial charge in [-0.3, -0.25) is 4.79 Å².